The van der Waals surface area contributed by atoms with Crippen LogP contribution >= 0.6 is 0 Å². The minimum Gasteiger partial charge on any atom is -0.454 e. The van der Waals surface area contributed by atoms with E-state index in [0.717, 1.165) is 0 Å². The molecule has 6 nitrogen and oxygen atoms in total. The van der Waals surface area contributed by atoms with Crippen molar-refractivity contribution in [1.29, 1.82) is 0 Å². The molecule has 1 aliphatic rings. The van der Waals surface area contributed by atoms with E-state index < -0.39 is 15.8 Å². The van der Waals surface area contributed by atoms with Crippen molar-refractivity contribution >= 4 is 15.7 Å². The van der Waals surface area contributed by atoms with Crippen LogP contribution in [0.5, 0.6) is 11.5 Å². The normalized spacial score (nSPS) is 12.8. The lowest BCUT2D eigenvalue weighted by atomic mass is 10.2. The van der Waals surface area contributed by atoms with E-state index in [1.54, 1.807) is 30.6 Å². The highest BCUT2D eigenvalue weighted by Crippen LogP contribution is 2.35. The number of pyridine rings is 1. The topological polar surface area (TPSA) is 68.7 Å². The van der Waals surface area contributed by atoms with Crippen LogP contribution in [0.1, 0.15) is 5.56 Å². The molecule has 0 amide bonds. The van der Waals surface area contributed by atoms with Gasteiger partial charge in [-0.15, -0.1) is 0 Å². The van der Waals surface area contributed by atoms with E-state index in [9.17, 15) is 12.8 Å². The first-order chi connectivity index (χ1) is 13.0. The van der Waals surface area contributed by atoms with Crippen LogP contribution in [0.15, 0.2) is 71.9 Å². The summed E-state index contributed by atoms with van der Waals surface area (Å²) in [5.74, 6) is 0.423. The van der Waals surface area contributed by atoms with Crippen LogP contribution in [0.2, 0.25) is 0 Å². The molecular weight excluding hydrogens is 371 g/mol. The van der Waals surface area contributed by atoms with E-state index in [4.69, 9.17) is 9.47 Å². The van der Waals surface area contributed by atoms with Crippen LogP contribution < -0.4 is 13.8 Å². The predicted molar refractivity (Wildman–Crippen MR) is 96.6 cm³/mol. The highest BCUT2D eigenvalue weighted by Gasteiger charge is 2.27. The number of ether oxygens (including phenoxy) is 2. The van der Waals surface area contributed by atoms with Gasteiger partial charge in [-0.2, -0.15) is 0 Å². The number of rotatable bonds is 5. The molecule has 0 N–H and O–H groups in total. The summed E-state index contributed by atoms with van der Waals surface area (Å²) in [5.41, 5.74) is 1.05. The van der Waals surface area contributed by atoms with E-state index >= 15 is 0 Å². The van der Waals surface area contributed by atoms with Crippen molar-refractivity contribution in [2.45, 2.75) is 11.4 Å². The first kappa shape index (κ1) is 17.3. The summed E-state index contributed by atoms with van der Waals surface area (Å²) < 4.78 is 51.8. The quantitative estimate of drug-likeness (QED) is 0.673. The van der Waals surface area contributed by atoms with Gasteiger partial charge in [-0.05, 0) is 48.0 Å². The third kappa shape index (κ3) is 3.43. The van der Waals surface area contributed by atoms with Crippen LogP contribution in [0.25, 0.3) is 0 Å². The zero-order valence-electron chi connectivity index (χ0n) is 14.1. The average Bonchev–Trinajstić information content (AvgIpc) is 3.15. The summed E-state index contributed by atoms with van der Waals surface area (Å²) in [6.07, 6.45) is 3.20. The second-order valence-electron chi connectivity index (χ2n) is 5.86. The largest absolute Gasteiger partial charge is 0.454 e. The Labute approximate surface area is 155 Å². The number of sulfonamides is 1. The molecule has 0 aliphatic carbocycles. The second-order valence-corrected chi connectivity index (χ2v) is 7.73. The summed E-state index contributed by atoms with van der Waals surface area (Å²) in [4.78, 5) is 4.09. The van der Waals surface area contributed by atoms with Gasteiger partial charge in [-0.25, -0.2) is 12.8 Å². The van der Waals surface area contributed by atoms with Crippen molar-refractivity contribution in [1.82, 2.24) is 4.98 Å². The molecule has 0 saturated carbocycles. The fourth-order valence-electron chi connectivity index (χ4n) is 2.74. The molecule has 2 heterocycles. The van der Waals surface area contributed by atoms with Gasteiger partial charge in [0.2, 0.25) is 6.79 Å². The van der Waals surface area contributed by atoms with Crippen molar-refractivity contribution in [2.75, 3.05) is 11.1 Å². The number of hydrogen-bond acceptors (Lipinski definition) is 5. The van der Waals surface area contributed by atoms with Crippen LogP contribution in [0.3, 0.4) is 0 Å². The van der Waals surface area contributed by atoms with Gasteiger partial charge in [-0.3, -0.25) is 9.29 Å². The lowest BCUT2D eigenvalue weighted by Crippen LogP contribution is -2.30. The maximum absolute atomic E-state index is 13.3. The molecule has 8 heteroatoms. The van der Waals surface area contributed by atoms with E-state index in [0.29, 0.717) is 22.7 Å². The van der Waals surface area contributed by atoms with Crippen molar-refractivity contribution in [3.8, 4) is 11.5 Å². The van der Waals surface area contributed by atoms with Crippen molar-refractivity contribution in [3.63, 3.8) is 0 Å². The van der Waals surface area contributed by atoms with Gasteiger partial charge in [0.05, 0.1) is 17.1 Å². The smallest absolute Gasteiger partial charge is 0.264 e. The van der Waals surface area contributed by atoms with Crippen molar-refractivity contribution in [3.05, 3.63) is 78.4 Å². The summed E-state index contributed by atoms with van der Waals surface area (Å²) in [7, 11) is -3.94. The fourth-order valence-corrected chi connectivity index (χ4v) is 4.21. The van der Waals surface area contributed by atoms with Crippen LogP contribution in [-0.4, -0.2) is 20.2 Å². The number of fused-ring (bicyclic) bond motifs is 1. The van der Waals surface area contributed by atoms with Gasteiger partial charge in [-0.1, -0.05) is 6.07 Å². The third-order valence-electron chi connectivity index (χ3n) is 4.10. The minimum atomic E-state index is -3.94. The van der Waals surface area contributed by atoms with Crippen molar-refractivity contribution in [2.24, 2.45) is 0 Å². The molecule has 1 aliphatic heterocycles. The molecule has 27 heavy (non-hydrogen) atoms. The van der Waals surface area contributed by atoms with Crippen LogP contribution in [0.4, 0.5) is 10.1 Å². The molecule has 0 unspecified atom stereocenters. The van der Waals surface area contributed by atoms with Gasteiger partial charge in [0.25, 0.3) is 10.0 Å². The molecule has 3 aromatic rings. The van der Waals surface area contributed by atoms with Gasteiger partial charge >= 0.3 is 0 Å². The van der Waals surface area contributed by atoms with Crippen LogP contribution in [-0.2, 0) is 16.6 Å². The fraction of sp³-hybridized carbons (Fsp3) is 0.105. The first-order valence-corrected chi connectivity index (χ1v) is 9.55. The van der Waals surface area contributed by atoms with Gasteiger partial charge in [0.1, 0.15) is 5.82 Å². The number of aromatic nitrogens is 1. The van der Waals surface area contributed by atoms with Gasteiger partial charge in [0.15, 0.2) is 11.5 Å². The van der Waals surface area contributed by atoms with Gasteiger partial charge in [0, 0.05) is 18.5 Å². The molecule has 138 valence electrons. The number of nitrogens with zero attached hydrogens (tertiary/aromatic N) is 2. The SMILES string of the molecule is O=S(=O)(c1ccc2c(c1)OCO2)N(Cc1cccnc1)c1ccc(F)cc1. The molecule has 4 rings (SSSR count). The molecule has 0 saturated heterocycles. The standard InChI is InChI=1S/C19H15FN2O4S/c20-15-3-5-16(6-4-15)22(12-14-2-1-9-21-11-14)27(23,24)17-7-8-18-19(10-17)26-13-25-18/h1-11H,12-13H2. The van der Waals surface area contributed by atoms with E-state index in [1.165, 1.54) is 40.7 Å². The third-order valence-corrected chi connectivity index (χ3v) is 5.87. The second kappa shape index (κ2) is 6.88. The zero-order valence-corrected chi connectivity index (χ0v) is 14.9. The molecule has 1 aromatic heterocycles. The Morgan fingerprint density at radius 2 is 1.81 bits per heavy atom. The summed E-state index contributed by atoms with van der Waals surface area (Å²) in [6.45, 7) is 0.104. The number of anilines is 1. The maximum atomic E-state index is 13.3. The lowest BCUT2D eigenvalue weighted by molar-refractivity contribution is 0.174. The Kier molecular flexibility index (Phi) is 4.41. The molecular formula is C19H15FN2O4S. The maximum Gasteiger partial charge on any atom is 0.264 e. The Hall–Kier alpha value is -3.13. The summed E-state index contributed by atoms with van der Waals surface area (Å²) in [6, 6.07) is 13.3. The Morgan fingerprint density at radius 1 is 1.04 bits per heavy atom. The molecule has 2 aromatic carbocycles. The number of halogens is 1. The Balaban J connectivity index is 1.77. The van der Waals surface area contributed by atoms with Crippen molar-refractivity contribution < 1.29 is 22.3 Å². The molecule has 0 atom stereocenters. The number of hydrogen-bond donors (Lipinski definition) is 0. The van der Waals surface area contributed by atoms with E-state index in [-0.39, 0.29) is 18.2 Å². The Bertz CT molecular complexity index is 1060. The highest BCUT2D eigenvalue weighted by atomic mass is 32.2. The first-order valence-electron chi connectivity index (χ1n) is 8.11. The molecule has 0 spiro atoms. The number of benzene rings is 2. The van der Waals surface area contributed by atoms with Crippen LogP contribution in [0, 0.1) is 5.82 Å². The van der Waals surface area contributed by atoms with Gasteiger partial charge < -0.3 is 9.47 Å². The molecule has 0 fully saturated rings. The molecule has 0 bridgehead atoms. The predicted octanol–water partition coefficient (Wildman–Crippen LogP) is 3.34. The highest BCUT2D eigenvalue weighted by molar-refractivity contribution is 7.92. The molecule has 0 radical (unpaired) electrons. The average molecular weight is 386 g/mol. The monoisotopic (exact) mass is 386 g/mol. The lowest BCUT2D eigenvalue weighted by Gasteiger charge is -2.24. The minimum absolute atomic E-state index is 0.0518. The Morgan fingerprint density at radius 3 is 2.56 bits per heavy atom. The summed E-state index contributed by atoms with van der Waals surface area (Å²) in [5, 5.41) is 0. The summed E-state index contributed by atoms with van der Waals surface area (Å²) >= 11 is 0. The zero-order chi connectivity index (χ0) is 18.9. The van der Waals surface area contributed by atoms with E-state index in [1.807, 2.05) is 0 Å². The van der Waals surface area contributed by atoms with E-state index in [2.05, 4.69) is 4.98 Å².